The highest BCUT2D eigenvalue weighted by molar-refractivity contribution is 14.1. The molecule has 5 heteroatoms. The largest absolute Gasteiger partial charge is 0.380 e. The number of rotatable bonds is 1. The van der Waals surface area contributed by atoms with E-state index in [-0.39, 0.29) is 5.41 Å². The lowest BCUT2D eigenvalue weighted by Gasteiger charge is -2.12. The van der Waals surface area contributed by atoms with Gasteiger partial charge in [0.1, 0.15) is 0 Å². The van der Waals surface area contributed by atoms with E-state index in [9.17, 15) is 0 Å². The molecular formula is C8H12IN3O. The van der Waals surface area contributed by atoms with Gasteiger partial charge in [-0.2, -0.15) is 3.21 Å². The Morgan fingerprint density at radius 3 is 2.62 bits per heavy atom. The fourth-order valence-corrected chi connectivity index (χ4v) is 1.03. The summed E-state index contributed by atoms with van der Waals surface area (Å²) in [6.45, 7) is 6.18. The second kappa shape index (κ2) is 3.65. The first-order chi connectivity index (χ1) is 5.95. The first-order valence-corrected chi connectivity index (χ1v) is 4.83. The van der Waals surface area contributed by atoms with Crippen molar-refractivity contribution >= 4 is 28.7 Å². The Balaban J connectivity index is 3.00. The zero-order valence-electron chi connectivity index (χ0n) is 7.84. The first-order valence-electron chi connectivity index (χ1n) is 3.87. The molecule has 1 aromatic rings. The molecule has 0 aliphatic rings. The van der Waals surface area contributed by atoms with Crippen LogP contribution < -0.4 is 5.73 Å². The van der Waals surface area contributed by atoms with Gasteiger partial charge in [-0.25, -0.2) is 0 Å². The Bertz CT molecular complexity index is 324. The van der Waals surface area contributed by atoms with Crippen LogP contribution in [0.15, 0.2) is 13.8 Å². The fourth-order valence-electron chi connectivity index (χ4n) is 0.791. The maximum atomic E-state index is 5.56. The van der Waals surface area contributed by atoms with E-state index >= 15 is 0 Å². The topological polar surface area (TPSA) is 64.4 Å². The van der Waals surface area contributed by atoms with Gasteiger partial charge in [0, 0.05) is 11.5 Å². The minimum absolute atomic E-state index is 0.0205. The van der Waals surface area contributed by atoms with Crippen molar-refractivity contribution < 1.29 is 4.52 Å². The highest BCUT2D eigenvalue weighted by Crippen LogP contribution is 2.21. The van der Waals surface area contributed by atoms with Gasteiger partial charge in [-0.1, -0.05) is 25.9 Å². The summed E-state index contributed by atoms with van der Waals surface area (Å²) in [6.07, 6.45) is 0. The van der Waals surface area contributed by atoms with Gasteiger partial charge in [-0.3, -0.25) is 0 Å². The van der Waals surface area contributed by atoms with Gasteiger partial charge in [0.15, 0.2) is 5.84 Å². The third-order valence-electron chi connectivity index (χ3n) is 1.62. The molecule has 0 saturated carbocycles. The van der Waals surface area contributed by atoms with Crippen LogP contribution in [0.2, 0.25) is 0 Å². The molecule has 0 aromatic carbocycles. The molecule has 0 radical (unpaired) electrons. The highest BCUT2D eigenvalue weighted by Gasteiger charge is 2.19. The van der Waals surface area contributed by atoms with Crippen LogP contribution in [0.3, 0.4) is 0 Å². The van der Waals surface area contributed by atoms with Crippen LogP contribution in [0.4, 0.5) is 0 Å². The van der Waals surface area contributed by atoms with Crippen molar-refractivity contribution in [3.63, 3.8) is 0 Å². The molecule has 1 aromatic heterocycles. The van der Waals surface area contributed by atoms with Gasteiger partial charge < -0.3 is 10.3 Å². The minimum Gasteiger partial charge on any atom is -0.380 e. The van der Waals surface area contributed by atoms with E-state index in [1.54, 1.807) is 0 Å². The molecule has 1 heterocycles. The molecule has 0 aliphatic carbocycles. The lowest BCUT2D eigenvalue weighted by Crippen LogP contribution is -2.12. The number of nitrogens with two attached hydrogens (primary N) is 1. The number of halogens is 1. The number of amidine groups is 1. The maximum Gasteiger partial charge on any atom is 0.202 e. The molecule has 0 unspecified atom stereocenters. The van der Waals surface area contributed by atoms with Crippen LogP contribution in [0.5, 0.6) is 0 Å². The lowest BCUT2D eigenvalue weighted by molar-refractivity contribution is 0.388. The summed E-state index contributed by atoms with van der Waals surface area (Å²) in [5, 5.41) is 3.92. The number of hydrogen-bond acceptors (Lipinski definition) is 3. The van der Waals surface area contributed by atoms with Gasteiger partial charge >= 0.3 is 0 Å². The molecule has 72 valence electrons. The minimum atomic E-state index is -0.0205. The van der Waals surface area contributed by atoms with Gasteiger partial charge in [0.05, 0.1) is 28.6 Å². The Morgan fingerprint density at radius 2 is 2.23 bits per heavy atom. The lowest BCUT2D eigenvalue weighted by atomic mass is 9.92. The van der Waals surface area contributed by atoms with E-state index in [2.05, 4.69) is 29.1 Å². The highest BCUT2D eigenvalue weighted by atomic mass is 127. The zero-order chi connectivity index (χ0) is 10.1. The zero-order valence-corrected chi connectivity index (χ0v) is 9.99. The van der Waals surface area contributed by atoms with Crippen LogP contribution in [-0.4, -0.2) is 11.0 Å². The average Bonchev–Trinajstić information content (AvgIpc) is 2.50. The second-order valence-electron chi connectivity index (χ2n) is 3.80. The SMILES string of the molecule is CC(C)(C)c1cc(C(N)=NI)on1. The van der Waals surface area contributed by atoms with Crippen LogP contribution >= 0.6 is 22.9 Å². The molecule has 4 nitrogen and oxygen atoms in total. The summed E-state index contributed by atoms with van der Waals surface area (Å²) in [7, 11) is 0. The third-order valence-corrected chi connectivity index (χ3v) is 2.14. The van der Waals surface area contributed by atoms with Crippen molar-refractivity contribution in [2.75, 3.05) is 0 Å². The van der Waals surface area contributed by atoms with Crippen molar-refractivity contribution in [1.29, 1.82) is 0 Å². The molecule has 0 atom stereocenters. The van der Waals surface area contributed by atoms with E-state index in [1.807, 2.05) is 28.9 Å². The third kappa shape index (κ3) is 2.43. The molecule has 0 aliphatic heterocycles. The van der Waals surface area contributed by atoms with Crippen LogP contribution in [-0.2, 0) is 5.41 Å². The van der Waals surface area contributed by atoms with E-state index < -0.39 is 0 Å². The van der Waals surface area contributed by atoms with Gasteiger partial charge in [-0.05, 0) is 0 Å². The van der Waals surface area contributed by atoms with Crippen molar-refractivity contribution in [2.24, 2.45) is 8.94 Å². The molecule has 0 saturated heterocycles. The van der Waals surface area contributed by atoms with Crippen molar-refractivity contribution in [3.8, 4) is 0 Å². The summed E-state index contributed by atoms with van der Waals surface area (Å²) in [5.74, 6) is 0.892. The summed E-state index contributed by atoms with van der Waals surface area (Å²) in [6, 6.07) is 1.82. The predicted octanol–water partition coefficient (Wildman–Crippen LogP) is 2.03. The number of aromatic nitrogens is 1. The number of nitrogens with zero attached hydrogens (tertiary/aromatic N) is 2. The Labute approximate surface area is 91.1 Å². The molecule has 0 amide bonds. The molecule has 13 heavy (non-hydrogen) atoms. The second-order valence-corrected chi connectivity index (χ2v) is 4.28. The van der Waals surface area contributed by atoms with E-state index in [0.29, 0.717) is 11.6 Å². The van der Waals surface area contributed by atoms with E-state index in [4.69, 9.17) is 10.3 Å². The molecular weight excluding hydrogens is 281 g/mol. The van der Waals surface area contributed by atoms with Gasteiger partial charge in [-0.15, -0.1) is 0 Å². The van der Waals surface area contributed by atoms with Crippen molar-refractivity contribution in [3.05, 3.63) is 17.5 Å². The molecule has 0 fully saturated rings. The van der Waals surface area contributed by atoms with Crippen LogP contribution in [0, 0.1) is 0 Å². The first kappa shape index (κ1) is 10.5. The molecule has 0 spiro atoms. The Hall–Kier alpha value is -0.590. The summed E-state index contributed by atoms with van der Waals surface area (Å²) in [4.78, 5) is 0. The van der Waals surface area contributed by atoms with Crippen LogP contribution in [0.1, 0.15) is 32.2 Å². The summed E-state index contributed by atoms with van der Waals surface area (Å²) < 4.78 is 8.82. The Kier molecular flexibility index (Phi) is 2.94. The fraction of sp³-hybridized carbons (Fsp3) is 0.500. The van der Waals surface area contributed by atoms with Crippen LogP contribution in [0.25, 0.3) is 0 Å². The van der Waals surface area contributed by atoms with Crippen molar-refractivity contribution in [2.45, 2.75) is 26.2 Å². The smallest absolute Gasteiger partial charge is 0.202 e. The Morgan fingerprint density at radius 1 is 1.62 bits per heavy atom. The molecule has 2 N–H and O–H groups in total. The van der Waals surface area contributed by atoms with Gasteiger partial charge in [0.25, 0.3) is 0 Å². The number of hydrogen-bond donors (Lipinski definition) is 1. The van der Waals surface area contributed by atoms with E-state index in [0.717, 1.165) is 5.69 Å². The maximum absolute atomic E-state index is 5.56. The monoisotopic (exact) mass is 293 g/mol. The predicted molar refractivity (Wildman–Crippen MR) is 59.9 cm³/mol. The average molecular weight is 293 g/mol. The quantitative estimate of drug-likeness (QED) is 0.489. The van der Waals surface area contributed by atoms with E-state index in [1.165, 1.54) is 0 Å². The van der Waals surface area contributed by atoms with Crippen molar-refractivity contribution in [1.82, 2.24) is 5.16 Å². The molecule has 0 bridgehead atoms. The standard InChI is InChI=1S/C8H12IN3O/c1-8(2,3)6-4-5(13-12-6)7(10)11-9/h4H,1-3H3,(H2,10,11). The summed E-state index contributed by atoms with van der Waals surface area (Å²) in [5.41, 5.74) is 6.42. The summed E-state index contributed by atoms with van der Waals surface area (Å²) >= 11 is 1.82. The van der Waals surface area contributed by atoms with Gasteiger partial charge in [0.2, 0.25) is 5.76 Å². The molecule has 1 rings (SSSR count). The normalized spacial score (nSPS) is 13.4.